The summed E-state index contributed by atoms with van der Waals surface area (Å²) in [6.45, 7) is 5.29. The van der Waals surface area contributed by atoms with Gasteiger partial charge in [0.15, 0.2) is 0 Å². The number of carbonyl (C=O) groups is 1. The quantitative estimate of drug-likeness (QED) is 0.586. The topological polar surface area (TPSA) is 68.5 Å². The first-order valence-electron chi connectivity index (χ1n) is 8.83. The minimum atomic E-state index is -1.07. The zero-order chi connectivity index (χ0) is 21.3. The second-order valence-corrected chi connectivity index (χ2v) is 7.59. The standard InChI is InChI=1S/C22H19BrFNO4/c1-12-4-6-16(17(24)8-12)11-29-19-9-14(3)25(21(26)20(19)23)18-10-15(22(27)28)7-5-13(18)2/h4-10H,11H2,1-3H3,(H,27,28). The average Bonchev–Trinajstić information content (AvgIpc) is 2.66. The van der Waals surface area contributed by atoms with E-state index in [1.165, 1.54) is 22.8 Å². The molecule has 2 aromatic carbocycles. The number of ether oxygens (including phenoxy) is 1. The van der Waals surface area contributed by atoms with Gasteiger partial charge in [-0.25, -0.2) is 9.18 Å². The fourth-order valence-corrected chi connectivity index (χ4v) is 3.40. The third kappa shape index (κ3) is 4.24. The van der Waals surface area contributed by atoms with Gasteiger partial charge in [0.2, 0.25) is 0 Å². The van der Waals surface area contributed by atoms with E-state index in [-0.39, 0.29) is 28.2 Å². The fourth-order valence-electron chi connectivity index (χ4n) is 2.99. The molecule has 1 N–H and O–H groups in total. The van der Waals surface area contributed by atoms with Crippen molar-refractivity contribution in [3.05, 3.63) is 91.1 Å². The van der Waals surface area contributed by atoms with Gasteiger partial charge < -0.3 is 9.84 Å². The molecule has 1 heterocycles. The Labute approximate surface area is 175 Å². The van der Waals surface area contributed by atoms with Crippen LogP contribution in [-0.4, -0.2) is 15.6 Å². The number of benzene rings is 2. The second kappa shape index (κ2) is 8.21. The summed E-state index contributed by atoms with van der Waals surface area (Å²) in [5.41, 5.74) is 2.67. The van der Waals surface area contributed by atoms with Crippen molar-refractivity contribution >= 4 is 21.9 Å². The molecule has 7 heteroatoms. The van der Waals surface area contributed by atoms with Crippen LogP contribution in [-0.2, 0) is 6.61 Å². The maximum atomic E-state index is 14.0. The van der Waals surface area contributed by atoms with Crippen molar-refractivity contribution in [1.82, 2.24) is 4.57 Å². The number of aromatic nitrogens is 1. The molecule has 0 aliphatic rings. The van der Waals surface area contributed by atoms with Gasteiger partial charge in [-0.05, 0) is 66.0 Å². The summed E-state index contributed by atoms with van der Waals surface area (Å²) in [5, 5.41) is 9.25. The molecule has 0 saturated heterocycles. The first kappa shape index (κ1) is 20.8. The molecule has 3 aromatic rings. The molecule has 0 bridgehead atoms. The lowest BCUT2D eigenvalue weighted by molar-refractivity contribution is 0.0697. The van der Waals surface area contributed by atoms with E-state index in [1.54, 1.807) is 45.0 Å². The zero-order valence-electron chi connectivity index (χ0n) is 16.1. The summed E-state index contributed by atoms with van der Waals surface area (Å²) in [5.74, 6) is -1.15. The Bertz CT molecular complexity index is 1170. The van der Waals surface area contributed by atoms with Gasteiger partial charge in [-0.15, -0.1) is 0 Å². The van der Waals surface area contributed by atoms with Gasteiger partial charge in [-0.1, -0.05) is 18.2 Å². The largest absolute Gasteiger partial charge is 0.487 e. The van der Waals surface area contributed by atoms with E-state index >= 15 is 0 Å². The second-order valence-electron chi connectivity index (χ2n) is 6.79. The highest BCUT2D eigenvalue weighted by molar-refractivity contribution is 9.10. The first-order valence-corrected chi connectivity index (χ1v) is 9.62. The molecule has 0 spiro atoms. The fraction of sp³-hybridized carbons (Fsp3) is 0.182. The maximum Gasteiger partial charge on any atom is 0.335 e. The molecule has 0 radical (unpaired) electrons. The zero-order valence-corrected chi connectivity index (χ0v) is 17.7. The van der Waals surface area contributed by atoms with E-state index in [2.05, 4.69) is 15.9 Å². The molecule has 5 nitrogen and oxygen atoms in total. The molecule has 150 valence electrons. The lowest BCUT2D eigenvalue weighted by atomic mass is 10.1. The van der Waals surface area contributed by atoms with Crippen LogP contribution in [0.1, 0.15) is 32.7 Å². The van der Waals surface area contributed by atoms with E-state index in [0.29, 0.717) is 16.9 Å². The Morgan fingerprint density at radius 2 is 1.86 bits per heavy atom. The number of halogens is 2. The monoisotopic (exact) mass is 459 g/mol. The molecule has 0 fully saturated rings. The predicted molar refractivity (Wildman–Crippen MR) is 112 cm³/mol. The van der Waals surface area contributed by atoms with Gasteiger partial charge in [0, 0.05) is 17.3 Å². The number of hydrogen-bond acceptors (Lipinski definition) is 3. The van der Waals surface area contributed by atoms with Crippen LogP contribution in [0.2, 0.25) is 0 Å². The number of aryl methyl sites for hydroxylation is 3. The minimum Gasteiger partial charge on any atom is -0.487 e. The van der Waals surface area contributed by atoms with Crippen molar-refractivity contribution in [3.63, 3.8) is 0 Å². The molecule has 0 unspecified atom stereocenters. The van der Waals surface area contributed by atoms with E-state index < -0.39 is 11.5 Å². The summed E-state index contributed by atoms with van der Waals surface area (Å²) in [4.78, 5) is 24.3. The van der Waals surface area contributed by atoms with Crippen molar-refractivity contribution in [1.29, 1.82) is 0 Å². The van der Waals surface area contributed by atoms with Crippen LogP contribution in [0.4, 0.5) is 4.39 Å². The number of pyridine rings is 1. The summed E-state index contributed by atoms with van der Waals surface area (Å²) >= 11 is 3.27. The van der Waals surface area contributed by atoms with Crippen molar-refractivity contribution in [2.45, 2.75) is 27.4 Å². The molecule has 1 aromatic heterocycles. The van der Waals surface area contributed by atoms with Gasteiger partial charge in [0.1, 0.15) is 22.6 Å². The van der Waals surface area contributed by atoms with Gasteiger partial charge in [-0.3, -0.25) is 9.36 Å². The Kier molecular flexibility index (Phi) is 5.88. The molecule has 0 saturated carbocycles. The van der Waals surface area contributed by atoms with Crippen LogP contribution < -0.4 is 10.3 Å². The Morgan fingerprint density at radius 1 is 1.14 bits per heavy atom. The van der Waals surface area contributed by atoms with Crippen LogP contribution in [0.5, 0.6) is 5.75 Å². The third-order valence-corrected chi connectivity index (χ3v) is 5.32. The molecular formula is C22H19BrFNO4. The van der Waals surface area contributed by atoms with Gasteiger partial charge in [-0.2, -0.15) is 0 Å². The highest BCUT2D eigenvalue weighted by atomic mass is 79.9. The summed E-state index contributed by atoms with van der Waals surface area (Å²) in [7, 11) is 0. The highest BCUT2D eigenvalue weighted by Crippen LogP contribution is 2.26. The Hall–Kier alpha value is -2.93. The van der Waals surface area contributed by atoms with E-state index in [1.807, 2.05) is 0 Å². The minimum absolute atomic E-state index is 0.0267. The number of hydrogen-bond donors (Lipinski definition) is 1. The van der Waals surface area contributed by atoms with Crippen LogP contribution in [0.15, 0.2) is 51.7 Å². The molecule has 0 aliphatic carbocycles. The number of nitrogens with zero attached hydrogens (tertiary/aromatic N) is 1. The van der Waals surface area contributed by atoms with E-state index in [4.69, 9.17) is 4.74 Å². The molecule has 0 aliphatic heterocycles. The normalized spacial score (nSPS) is 10.8. The highest BCUT2D eigenvalue weighted by Gasteiger charge is 2.17. The van der Waals surface area contributed by atoms with Crippen molar-refractivity contribution in [2.75, 3.05) is 0 Å². The Morgan fingerprint density at radius 3 is 2.52 bits per heavy atom. The summed E-state index contributed by atoms with van der Waals surface area (Å²) in [6, 6.07) is 11.1. The number of carboxylic acids is 1. The lowest BCUT2D eigenvalue weighted by Crippen LogP contribution is -2.23. The number of carboxylic acid groups (broad SMARTS) is 1. The SMILES string of the molecule is Cc1ccc(COc2cc(C)n(-c3cc(C(=O)O)ccc3C)c(=O)c2Br)c(F)c1. The van der Waals surface area contributed by atoms with Gasteiger partial charge in [0.05, 0.1) is 11.3 Å². The first-order chi connectivity index (χ1) is 13.7. The summed E-state index contributed by atoms with van der Waals surface area (Å²) < 4.78 is 21.3. The van der Waals surface area contributed by atoms with Crippen molar-refractivity contribution in [3.8, 4) is 11.4 Å². The van der Waals surface area contributed by atoms with Crippen LogP contribution >= 0.6 is 15.9 Å². The maximum absolute atomic E-state index is 14.0. The average molecular weight is 460 g/mol. The summed E-state index contributed by atoms with van der Waals surface area (Å²) in [6.07, 6.45) is 0. The van der Waals surface area contributed by atoms with Crippen LogP contribution in [0, 0.1) is 26.6 Å². The number of rotatable bonds is 5. The number of aromatic carboxylic acids is 1. The van der Waals surface area contributed by atoms with Crippen molar-refractivity contribution < 1.29 is 19.0 Å². The van der Waals surface area contributed by atoms with Crippen LogP contribution in [0.3, 0.4) is 0 Å². The van der Waals surface area contributed by atoms with Gasteiger partial charge in [0.25, 0.3) is 5.56 Å². The third-order valence-electron chi connectivity index (χ3n) is 4.59. The van der Waals surface area contributed by atoms with Crippen LogP contribution in [0.25, 0.3) is 5.69 Å². The molecule has 0 atom stereocenters. The smallest absolute Gasteiger partial charge is 0.335 e. The van der Waals surface area contributed by atoms with E-state index in [9.17, 15) is 19.1 Å². The molecule has 0 amide bonds. The lowest BCUT2D eigenvalue weighted by Gasteiger charge is -2.17. The van der Waals surface area contributed by atoms with Crippen molar-refractivity contribution in [2.24, 2.45) is 0 Å². The predicted octanol–water partition coefficient (Wildman–Crippen LogP) is 4.94. The molecule has 29 heavy (non-hydrogen) atoms. The van der Waals surface area contributed by atoms with E-state index in [0.717, 1.165) is 11.1 Å². The Balaban J connectivity index is 2.00. The molecule has 3 rings (SSSR count). The molecular weight excluding hydrogens is 441 g/mol. The van der Waals surface area contributed by atoms with Gasteiger partial charge >= 0.3 is 5.97 Å².